The summed E-state index contributed by atoms with van der Waals surface area (Å²) in [5, 5.41) is 0. The fourth-order valence-corrected chi connectivity index (χ4v) is 2.56. The van der Waals surface area contributed by atoms with Crippen LogP contribution in [-0.2, 0) is 0 Å². The van der Waals surface area contributed by atoms with Crippen molar-refractivity contribution in [3.63, 3.8) is 0 Å². The minimum Gasteiger partial charge on any atom is -0.264 e. The Bertz CT molecular complexity index is 417. The van der Waals surface area contributed by atoms with E-state index < -0.39 is 0 Å². The second-order valence-corrected chi connectivity index (χ2v) is 5.00. The average Bonchev–Trinajstić information content (AvgIpc) is 2.23. The first-order chi connectivity index (χ1) is 6.86. The number of pyridine rings is 1. The highest BCUT2D eigenvalue weighted by Gasteiger charge is 2.00. The van der Waals surface area contributed by atoms with Gasteiger partial charge in [0.1, 0.15) is 0 Å². The van der Waals surface area contributed by atoms with Crippen molar-refractivity contribution in [1.29, 1.82) is 0 Å². The predicted octanol–water partition coefficient (Wildman–Crippen LogP) is 3.84. The third kappa shape index (κ3) is 2.48. The molecule has 0 saturated heterocycles. The van der Waals surface area contributed by atoms with Gasteiger partial charge in [-0.05, 0) is 40.8 Å². The SMILES string of the molecule is Ic1cnccc1Sc1ccccc1. The fourth-order valence-electron chi connectivity index (χ4n) is 1.06. The molecule has 0 radical (unpaired) electrons. The van der Waals surface area contributed by atoms with Gasteiger partial charge in [0.15, 0.2) is 0 Å². The third-order valence-electron chi connectivity index (χ3n) is 1.71. The highest BCUT2D eigenvalue weighted by atomic mass is 127. The van der Waals surface area contributed by atoms with Crippen molar-refractivity contribution < 1.29 is 0 Å². The van der Waals surface area contributed by atoms with Gasteiger partial charge in [0.25, 0.3) is 0 Å². The maximum atomic E-state index is 4.07. The molecule has 1 heterocycles. The van der Waals surface area contributed by atoms with Crippen LogP contribution in [-0.4, -0.2) is 4.98 Å². The monoisotopic (exact) mass is 313 g/mol. The van der Waals surface area contributed by atoms with E-state index in [0.29, 0.717) is 0 Å². The smallest absolute Gasteiger partial charge is 0.0453 e. The Balaban J connectivity index is 2.24. The van der Waals surface area contributed by atoms with E-state index in [4.69, 9.17) is 0 Å². The van der Waals surface area contributed by atoms with Crippen LogP contribution in [0.1, 0.15) is 0 Å². The van der Waals surface area contributed by atoms with Gasteiger partial charge in [-0.1, -0.05) is 30.0 Å². The number of nitrogens with zero attached hydrogens (tertiary/aromatic N) is 1. The van der Waals surface area contributed by atoms with Gasteiger partial charge in [-0.3, -0.25) is 4.98 Å². The third-order valence-corrected chi connectivity index (χ3v) is 4.02. The van der Waals surface area contributed by atoms with Crippen LogP contribution in [0.3, 0.4) is 0 Å². The lowest BCUT2D eigenvalue weighted by molar-refractivity contribution is 1.23. The van der Waals surface area contributed by atoms with Crippen LogP contribution in [0.5, 0.6) is 0 Å². The minimum atomic E-state index is 1.19. The first kappa shape index (κ1) is 9.98. The van der Waals surface area contributed by atoms with Gasteiger partial charge in [-0.15, -0.1) is 0 Å². The molecule has 0 aliphatic heterocycles. The van der Waals surface area contributed by atoms with Crippen LogP contribution in [0.4, 0.5) is 0 Å². The molecule has 1 aromatic carbocycles. The Labute approximate surface area is 101 Å². The second kappa shape index (κ2) is 4.79. The summed E-state index contributed by atoms with van der Waals surface area (Å²) in [5.74, 6) is 0. The Morgan fingerprint density at radius 2 is 1.86 bits per heavy atom. The van der Waals surface area contributed by atoms with Gasteiger partial charge in [0, 0.05) is 25.8 Å². The van der Waals surface area contributed by atoms with Crippen molar-refractivity contribution in [3.05, 3.63) is 52.4 Å². The molecule has 0 spiro atoms. The van der Waals surface area contributed by atoms with E-state index in [0.717, 1.165) is 0 Å². The van der Waals surface area contributed by atoms with Gasteiger partial charge in [0.2, 0.25) is 0 Å². The summed E-state index contributed by atoms with van der Waals surface area (Å²) in [6.45, 7) is 0. The van der Waals surface area contributed by atoms with Gasteiger partial charge in [-0.25, -0.2) is 0 Å². The molecule has 2 aromatic rings. The summed E-state index contributed by atoms with van der Waals surface area (Å²) >= 11 is 4.07. The predicted molar refractivity (Wildman–Crippen MR) is 67.5 cm³/mol. The Morgan fingerprint density at radius 1 is 1.07 bits per heavy atom. The summed E-state index contributed by atoms with van der Waals surface area (Å²) < 4.78 is 1.19. The normalized spacial score (nSPS) is 10.1. The lowest BCUT2D eigenvalue weighted by Crippen LogP contribution is -1.80. The Kier molecular flexibility index (Phi) is 3.42. The molecule has 70 valence electrons. The van der Waals surface area contributed by atoms with Gasteiger partial charge >= 0.3 is 0 Å². The van der Waals surface area contributed by atoms with E-state index in [-0.39, 0.29) is 0 Å². The molecule has 0 saturated carbocycles. The van der Waals surface area contributed by atoms with Crippen molar-refractivity contribution >= 4 is 34.4 Å². The standard InChI is InChI=1S/C11H8INS/c12-10-8-13-7-6-11(10)14-9-4-2-1-3-5-9/h1-8H. The number of hydrogen-bond donors (Lipinski definition) is 0. The zero-order valence-corrected chi connectivity index (χ0v) is 10.3. The number of halogens is 1. The molecule has 0 amide bonds. The first-order valence-electron chi connectivity index (χ1n) is 4.18. The second-order valence-electron chi connectivity index (χ2n) is 2.72. The molecule has 0 fully saturated rings. The molecule has 1 aromatic heterocycles. The van der Waals surface area contributed by atoms with Crippen LogP contribution in [0, 0.1) is 3.57 Å². The van der Waals surface area contributed by atoms with Crippen molar-refractivity contribution in [2.75, 3.05) is 0 Å². The Hall–Kier alpha value is -0.550. The Morgan fingerprint density at radius 3 is 2.57 bits per heavy atom. The van der Waals surface area contributed by atoms with Crippen molar-refractivity contribution in [1.82, 2.24) is 4.98 Å². The number of hydrogen-bond acceptors (Lipinski definition) is 2. The van der Waals surface area contributed by atoms with Gasteiger partial charge in [0.05, 0.1) is 0 Å². The maximum absolute atomic E-state index is 4.07. The summed E-state index contributed by atoms with van der Waals surface area (Å²) in [4.78, 5) is 6.58. The van der Waals surface area contributed by atoms with Crippen LogP contribution in [0.15, 0.2) is 58.6 Å². The van der Waals surface area contributed by atoms with E-state index in [2.05, 4.69) is 51.8 Å². The zero-order chi connectivity index (χ0) is 9.80. The maximum Gasteiger partial charge on any atom is 0.0453 e. The fraction of sp³-hybridized carbons (Fsp3) is 0. The van der Waals surface area contributed by atoms with Gasteiger partial charge in [-0.2, -0.15) is 0 Å². The van der Waals surface area contributed by atoms with Crippen LogP contribution in [0.2, 0.25) is 0 Å². The molecular formula is C11H8INS. The molecule has 3 heteroatoms. The van der Waals surface area contributed by atoms with Crippen molar-refractivity contribution in [2.45, 2.75) is 9.79 Å². The summed E-state index contributed by atoms with van der Waals surface area (Å²) in [7, 11) is 0. The lowest BCUT2D eigenvalue weighted by atomic mass is 10.4. The van der Waals surface area contributed by atoms with Gasteiger partial charge < -0.3 is 0 Å². The highest BCUT2D eigenvalue weighted by Crippen LogP contribution is 2.30. The molecule has 0 unspecified atom stereocenters. The van der Waals surface area contributed by atoms with E-state index in [1.165, 1.54) is 13.4 Å². The molecule has 14 heavy (non-hydrogen) atoms. The molecule has 0 N–H and O–H groups in total. The first-order valence-corrected chi connectivity index (χ1v) is 6.08. The van der Waals surface area contributed by atoms with Crippen LogP contribution >= 0.6 is 34.4 Å². The molecule has 1 nitrogen and oxygen atoms in total. The summed E-state index contributed by atoms with van der Waals surface area (Å²) in [6, 6.07) is 12.4. The number of benzene rings is 1. The average molecular weight is 313 g/mol. The van der Waals surface area contributed by atoms with Crippen molar-refractivity contribution in [3.8, 4) is 0 Å². The van der Waals surface area contributed by atoms with E-state index in [9.17, 15) is 0 Å². The van der Waals surface area contributed by atoms with E-state index >= 15 is 0 Å². The van der Waals surface area contributed by atoms with E-state index in [1.54, 1.807) is 11.8 Å². The minimum absolute atomic E-state index is 1.19. The van der Waals surface area contributed by atoms with Crippen LogP contribution in [0.25, 0.3) is 0 Å². The molecular weight excluding hydrogens is 305 g/mol. The molecule has 2 rings (SSSR count). The molecule has 0 aliphatic carbocycles. The molecule has 0 bridgehead atoms. The summed E-state index contributed by atoms with van der Waals surface area (Å²) in [6.07, 6.45) is 3.71. The van der Waals surface area contributed by atoms with E-state index in [1.807, 2.05) is 24.5 Å². The molecule has 0 atom stereocenters. The number of aromatic nitrogens is 1. The lowest BCUT2D eigenvalue weighted by Gasteiger charge is -2.02. The quantitative estimate of drug-likeness (QED) is 0.782. The van der Waals surface area contributed by atoms with Crippen molar-refractivity contribution in [2.24, 2.45) is 0 Å². The highest BCUT2D eigenvalue weighted by molar-refractivity contribution is 14.1. The summed E-state index contributed by atoms with van der Waals surface area (Å²) in [5.41, 5.74) is 0. The number of rotatable bonds is 2. The molecule has 0 aliphatic rings. The largest absolute Gasteiger partial charge is 0.264 e. The topological polar surface area (TPSA) is 12.9 Å². The van der Waals surface area contributed by atoms with Crippen LogP contribution < -0.4 is 0 Å². The zero-order valence-electron chi connectivity index (χ0n) is 7.35.